The van der Waals surface area contributed by atoms with E-state index in [0.717, 1.165) is 48.1 Å². The van der Waals surface area contributed by atoms with E-state index >= 15 is 0 Å². The largest absolute Gasteiger partial charge is 0.345 e. The average Bonchev–Trinajstić information content (AvgIpc) is 3.15. The van der Waals surface area contributed by atoms with E-state index in [2.05, 4.69) is 38.8 Å². The Bertz CT molecular complexity index is 852. The van der Waals surface area contributed by atoms with Crippen molar-refractivity contribution in [3.05, 3.63) is 66.0 Å². The Balaban J connectivity index is 1.65. The van der Waals surface area contributed by atoms with Gasteiger partial charge in [-0.2, -0.15) is 0 Å². The maximum Gasteiger partial charge on any atom is 0.223 e. The fraction of sp³-hybridized carbons (Fsp3) is 0.300. The fourth-order valence-corrected chi connectivity index (χ4v) is 3.48. The van der Waals surface area contributed by atoms with Crippen LogP contribution < -0.4 is 10.6 Å². The predicted molar refractivity (Wildman–Crippen MR) is 98.1 cm³/mol. The van der Waals surface area contributed by atoms with E-state index in [-0.39, 0.29) is 17.9 Å². The highest BCUT2D eigenvalue weighted by atomic mass is 16.1. The van der Waals surface area contributed by atoms with Gasteiger partial charge < -0.3 is 15.6 Å². The Labute approximate surface area is 146 Å². The molecule has 1 saturated heterocycles. The third kappa shape index (κ3) is 3.42. The molecule has 1 atom stereocenters. The fourth-order valence-electron chi connectivity index (χ4n) is 3.48. The molecule has 128 valence electrons. The van der Waals surface area contributed by atoms with Crippen molar-refractivity contribution < 1.29 is 4.79 Å². The van der Waals surface area contributed by atoms with Crippen LogP contribution in [0.3, 0.4) is 0 Å². The van der Waals surface area contributed by atoms with E-state index < -0.39 is 0 Å². The van der Waals surface area contributed by atoms with Crippen LogP contribution in [0.15, 0.2) is 54.9 Å². The van der Waals surface area contributed by atoms with Gasteiger partial charge in [-0.1, -0.05) is 36.4 Å². The molecule has 1 aliphatic heterocycles. The number of hydrogen-bond donors (Lipinski definition) is 3. The molecule has 0 bridgehead atoms. The van der Waals surface area contributed by atoms with Crippen LogP contribution in [0.5, 0.6) is 0 Å². The summed E-state index contributed by atoms with van der Waals surface area (Å²) in [5.41, 5.74) is 4.06. The number of aromatic nitrogens is 2. The number of carbonyl (C=O) groups excluding carboxylic acids is 1. The third-order valence-electron chi connectivity index (χ3n) is 4.91. The monoisotopic (exact) mass is 334 g/mol. The van der Waals surface area contributed by atoms with Gasteiger partial charge in [-0.15, -0.1) is 0 Å². The molecule has 2 aromatic carbocycles. The summed E-state index contributed by atoms with van der Waals surface area (Å²) in [6.45, 7) is 1.82. The molecular formula is C20H22N4O. The molecule has 0 saturated carbocycles. The molecule has 1 unspecified atom stereocenters. The zero-order valence-electron chi connectivity index (χ0n) is 14.0. The van der Waals surface area contributed by atoms with Gasteiger partial charge in [0.05, 0.1) is 23.4 Å². The van der Waals surface area contributed by atoms with Crippen molar-refractivity contribution in [1.82, 2.24) is 20.6 Å². The van der Waals surface area contributed by atoms with E-state index in [1.807, 2.05) is 30.3 Å². The Hall–Kier alpha value is -2.66. The molecule has 1 amide bonds. The summed E-state index contributed by atoms with van der Waals surface area (Å²) in [6, 6.07) is 16.1. The summed E-state index contributed by atoms with van der Waals surface area (Å²) < 4.78 is 0. The quantitative estimate of drug-likeness (QED) is 0.687. The van der Waals surface area contributed by atoms with E-state index in [4.69, 9.17) is 0 Å². The lowest BCUT2D eigenvalue weighted by atomic mass is 9.94. The topological polar surface area (TPSA) is 69.8 Å². The van der Waals surface area contributed by atoms with Crippen molar-refractivity contribution in [3.63, 3.8) is 0 Å². The molecule has 3 N–H and O–H groups in total. The van der Waals surface area contributed by atoms with Crippen LogP contribution in [0.2, 0.25) is 0 Å². The lowest BCUT2D eigenvalue weighted by Gasteiger charge is -2.26. The van der Waals surface area contributed by atoms with Crippen molar-refractivity contribution in [2.75, 3.05) is 13.1 Å². The van der Waals surface area contributed by atoms with Gasteiger partial charge >= 0.3 is 0 Å². The molecule has 1 aromatic heterocycles. The Morgan fingerprint density at radius 3 is 2.68 bits per heavy atom. The molecular weight excluding hydrogens is 312 g/mol. The smallest absolute Gasteiger partial charge is 0.223 e. The normalized spacial score (nSPS) is 16.6. The van der Waals surface area contributed by atoms with E-state index in [1.54, 1.807) is 6.33 Å². The second-order valence-corrected chi connectivity index (χ2v) is 6.56. The molecule has 25 heavy (non-hydrogen) atoms. The standard InChI is InChI=1S/C20H22N4O/c25-20(15-8-10-21-11-9-15)24-19(14-4-2-1-3-5-14)16-6-7-17-18(12-16)23-13-22-17/h1-7,12-13,15,19,21H,8-11H2,(H,22,23)(H,24,25). The zero-order valence-corrected chi connectivity index (χ0v) is 14.0. The minimum atomic E-state index is -0.156. The van der Waals surface area contributed by atoms with Gasteiger partial charge in [0.15, 0.2) is 0 Å². The van der Waals surface area contributed by atoms with Crippen molar-refractivity contribution in [1.29, 1.82) is 0 Å². The van der Waals surface area contributed by atoms with E-state index in [1.165, 1.54) is 0 Å². The molecule has 0 aliphatic carbocycles. The van der Waals surface area contributed by atoms with Crippen molar-refractivity contribution in [2.45, 2.75) is 18.9 Å². The van der Waals surface area contributed by atoms with Gasteiger partial charge in [0.1, 0.15) is 0 Å². The number of H-pyrrole nitrogens is 1. The summed E-state index contributed by atoms with van der Waals surface area (Å²) in [4.78, 5) is 20.2. The van der Waals surface area contributed by atoms with Crippen molar-refractivity contribution in [2.24, 2.45) is 5.92 Å². The van der Waals surface area contributed by atoms with Crippen molar-refractivity contribution in [3.8, 4) is 0 Å². The first-order valence-electron chi connectivity index (χ1n) is 8.80. The molecule has 0 spiro atoms. The second-order valence-electron chi connectivity index (χ2n) is 6.56. The molecule has 3 aromatic rings. The first-order chi connectivity index (χ1) is 12.3. The first kappa shape index (κ1) is 15.8. The Morgan fingerprint density at radius 2 is 1.88 bits per heavy atom. The molecule has 2 heterocycles. The van der Waals surface area contributed by atoms with Crippen LogP contribution in [-0.2, 0) is 4.79 Å². The number of hydrogen-bond acceptors (Lipinski definition) is 3. The minimum Gasteiger partial charge on any atom is -0.345 e. The van der Waals surface area contributed by atoms with Gasteiger partial charge in [0.2, 0.25) is 5.91 Å². The highest BCUT2D eigenvalue weighted by Gasteiger charge is 2.25. The minimum absolute atomic E-state index is 0.0864. The Morgan fingerprint density at radius 1 is 1.08 bits per heavy atom. The van der Waals surface area contributed by atoms with Gasteiger partial charge in [0.25, 0.3) is 0 Å². The lowest BCUT2D eigenvalue weighted by Crippen LogP contribution is -2.40. The average molecular weight is 334 g/mol. The van der Waals surface area contributed by atoms with E-state index in [0.29, 0.717) is 0 Å². The number of nitrogens with one attached hydrogen (secondary N) is 3. The summed E-state index contributed by atoms with van der Waals surface area (Å²) in [5, 5.41) is 6.59. The summed E-state index contributed by atoms with van der Waals surface area (Å²) in [6.07, 6.45) is 3.49. The highest BCUT2D eigenvalue weighted by molar-refractivity contribution is 5.80. The summed E-state index contributed by atoms with van der Waals surface area (Å²) in [7, 11) is 0. The van der Waals surface area contributed by atoms with Crippen LogP contribution in [0, 0.1) is 5.92 Å². The van der Waals surface area contributed by atoms with Crippen LogP contribution >= 0.6 is 0 Å². The molecule has 5 nitrogen and oxygen atoms in total. The van der Waals surface area contributed by atoms with Gasteiger partial charge in [-0.05, 0) is 49.2 Å². The van der Waals surface area contributed by atoms with Crippen LogP contribution in [0.25, 0.3) is 11.0 Å². The van der Waals surface area contributed by atoms with Crippen LogP contribution in [0.4, 0.5) is 0 Å². The van der Waals surface area contributed by atoms with Crippen LogP contribution in [0.1, 0.15) is 30.0 Å². The number of benzene rings is 2. The second kappa shape index (κ2) is 7.07. The van der Waals surface area contributed by atoms with Crippen molar-refractivity contribution >= 4 is 16.9 Å². The SMILES string of the molecule is O=C(NC(c1ccccc1)c1ccc2nc[nH]c2c1)C1CCNCC1. The number of rotatable bonds is 4. The summed E-state index contributed by atoms with van der Waals surface area (Å²) >= 11 is 0. The molecule has 4 rings (SSSR count). The van der Waals surface area contributed by atoms with Gasteiger partial charge in [0, 0.05) is 5.92 Å². The van der Waals surface area contributed by atoms with Crippen LogP contribution in [-0.4, -0.2) is 29.0 Å². The molecule has 1 fully saturated rings. The van der Waals surface area contributed by atoms with Gasteiger partial charge in [-0.3, -0.25) is 4.79 Å². The maximum absolute atomic E-state index is 12.8. The number of amides is 1. The predicted octanol–water partition coefficient (Wildman–Crippen LogP) is 2.77. The maximum atomic E-state index is 12.8. The summed E-state index contributed by atoms with van der Waals surface area (Å²) in [5.74, 6) is 0.225. The number of nitrogens with zero attached hydrogens (tertiary/aromatic N) is 1. The van der Waals surface area contributed by atoms with E-state index in [9.17, 15) is 4.79 Å². The third-order valence-corrected chi connectivity index (χ3v) is 4.91. The first-order valence-corrected chi connectivity index (χ1v) is 8.80. The number of aromatic amines is 1. The zero-order chi connectivity index (χ0) is 17.1. The Kier molecular flexibility index (Phi) is 4.48. The van der Waals surface area contributed by atoms with Gasteiger partial charge in [-0.25, -0.2) is 4.98 Å². The number of fused-ring (bicyclic) bond motifs is 1. The number of imidazole rings is 1. The highest BCUT2D eigenvalue weighted by Crippen LogP contribution is 2.25. The molecule has 0 radical (unpaired) electrons. The lowest BCUT2D eigenvalue weighted by molar-refractivity contribution is -0.126. The number of piperidine rings is 1. The molecule has 5 heteroatoms. The number of carbonyl (C=O) groups is 1. The molecule has 1 aliphatic rings.